The van der Waals surface area contributed by atoms with Crippen LogP contribution in [0.2, 0.25) is 0 Å². The third kappa shape index (κ3) is 4.84. The molecule has 0 radical (unpaired) electrons. The van der Waals surface area contributed by atoms with E-state index in [2.05, 4.69) is 10.6 Å². The molecule has 0 spiro atoms. The number of urea groups is 1. The topological polar surface area (TPSA) is 50.4 Å². The highest BCUT2D eigenvalue weighted by Gasteiger charge is 2.40. The summed E-state index contributed by atoms with van der Waals surface area (Å²) in [4.78, 5) is 11.6. The predicted octanol–water partition coefficient (Wildman–Crippen LogP) is 4.59. The molecule has 162 valence electrons. The zero-order chi connectivity index (χ0) is 22.2. The molecule has 1 aliphatic rings. The smallest absolute Gasteiger partial charge is 0.374 e. The second-order valence-corrected chi connectivity index (χ2v) is 6.80. The average molecular weight is 436 g/mol. The van der Waals surface area contributed by atoms with E-state index in [4.69, 9.17) is 4.74 Å². The van der Waals surface area contributed by atoms with Crippen LogP contribution >= 0.6 is 0 Å². The lowest BCUT2D eigenvalue weighted by Crippen LogP contribution is -2.44. The minimum atomic E-state index is -4.96. The molecule has 1 atom stereocenters. The monoisotopic (exact) mass is 436 g/mol. The average Bonchev–Trinajstić information content (AvgIpc) is 3.02. The van der Waals surface area contributed by atoms with Crippen molar-refractivity contribution >= 4 is 6.03 Å². The van der Waals surface area contributed by atoms with Crippen molar-refractivity contribution in [2.45, 2.75) is 24.5 Å². The Balaban J connectivity index is 1.81. The standard InChI is InChI=1S/C19H15F7N2O2/c20-15-3-1-12(2-4-15)17(9-27-16(29)28-17)10-30-8-11-5-13(18(21,22)23)7-14(6-11)19(24,25)26/h1-7H,8-10H2,(H2,27,28,29)/t17-/m0/s1. The maximum absolute atomic E-state index is 13.2. The van der Waals surface area contributed by atoms with Crippen LogP contribution in [0.3, 0.4) is 0 Å². The van der Waals surface area contributed by atoms with Gasteiger partial charge in [0.15, 0.2) is 0 Å². The van der Waals surface area contributed by atoms with Crippen molar-refractivity contribution in [1.82, 2.24) is 10.6 Å². The fourth-order valence-corrected chi connectivity index (χ4v) is 3.10. The summed E-state index contributed by atoms with van der Waals surface area (Å²) in [6.45, 7) is -0.797. The van der Waals surface area contributed by atoms with Gasteiger partial charge in [-0.3, -0.25) is 0 Å². The SMILES string of the molecule is O=C1NC[C@](COCc2cc(C(F)(F)F)cc(C(F)(F)F)c2)(c2ccc(F)cc2)N1. The van der Waals surface area contributed by atoms with Crippen LogP contribution in [-0.4, -0.2) is 19.2 Å². The third-order valence-corrected chi connectivity index (χ3v) is 4.56. The van der Waals surface area contributed by atoms with Crippen LogP contribution in [0.4, 0.5) is 35.5 Å². The van der Waals surface area contributed by atoms with Crippen molar-refractivity contribution in [3.05, 3.63) is 70.5 Å². The fourth-order valence-electron chi connectivity index (χ4n) is 3.10. The highest BCUT2D eigenvalue weighted by atomic mass is 19.4. The molecule has 0 saturated carbocycles. The number of halogens is 7. The van der Waals surface area contributed by atoms with Gasteiger partial charge in [-0.15, -0.1) is 0 Å². The van der Waals surface area contributed by atoms with E-state index in [9.17, 15) is 35.5 Å². The van der Waals surface area contributed by atoms with Crippen LogP contribution in [0.15, 0.2) is 42.5 Å². The van der Waals surface area contributed by atoms with Gasteiger partial charge in [0.1, 0.15) is 11.4 Å². The molecule has 3 rings (SSSR count). The summed E-state index contributed by atoms with van der Waals surface area (Å²) in [5.74, 6) is -0.518. The molecule has 0 aromatic heterocycles. The summed E-state index contributed by atoms with van der Waals surface area (Å²) < 4.78 is 96.4. The van der Waals surface area contributed by atoms with E-state index in [-0.39, 0.29) is 24.8 Å². The maximum atomic E-state index is 13.2. The summed E-state index contributed by atoms with van der Waals surface area (Å²) in [5, 5.41) is 5.11. The molecular weight excluding hydrogens is 421 g/mol. The Morgan fingerprint density at radius 1 is 0.933 bits per heavy atom. The summed E-state index contributed by atoms with van der Waals surface area (Å²) >= 11 is 0. The molecule has 30 heavy (non-hydrogen) atoms. The Morgan fingerprint density at radius 2 is 1.50 bits per heavy atom. The first-order valence-corrected chi connectivity index (χ1v) is 8.57. The second-order valence-electron chi connectivity index (χ2n) is 6.80. The lowest BCUT2D eigenvalue weighted by Gasteiger charge is -2.28. The quantitative estimate of drug-likeness (QED) is 0.674. The molecule has 1 aliphatic heterocycles. The summed E-state index contributed by atoms with van der Waals surface area (Å²) in [6.07, 6.45) is -9.93. The molecule has 2 aromatic rings. The number of carbonyl (C=O) groups is 1. The van der Waals surface area contributed by atoms with E-state index in [1.165, 1.54) is 12.1 Å². The number of benzene rings is 2. The molecule has 4 nitrogen and oxygen atoms in total. The molecule has 2 amide bonds. The second kappa shape index (κ2) is 7.78. The van der Waals surface area contributed by atoms with Crippen LogP contribution in [0.25, 0.3) is 0 Å². The van der Waals surface area contributed by atoms with E-state index in [0.29, 0.717) is 17.7 Å². The van der Waals surface area contributed by atoms with E-state index in [1.54, 1.807) is 0 Å². The van der Waals surface area contributed by atoms with Gasteiger partial charge < -0.3 is 15.4 Å². The first-order valence-electron chi connectivity index (χ1n) is 8.57. The van der Waals surface area contributed by atoms with Gasteiger partial charge in [0, 0.05) is 6.54 Å². The van der Waals surface area contributed by atoms with E-state index in [1.807, 2.05) is 0 Å². The van der Waals surface area contributed by atoms with Crippen LogP contribution in [0.5, 0.6) is 0 Å². The summed E-state index contributed by atoms with van der Waals surface area (Å²) in [7, 11) is 0. The van der Waals surface area contributed by atoms with Gasteiger partial charge in [0.25, 0.3) is 0 Å². The molecule has 0 aliphatic carbocycles. The minimum absolute atomic E-state index is 0.0324. The zero-order valence-corrected chi connectivity index (χ0v) is 15.1. The molecule has 2 N–H and O–H groups in total. The molecule has 0 bridgehead atoms. The molecule has 2 aromatic carbocycles. The minimum Gasteiger partial charge on any atom is -0.374 e. The van der Waals surface area contributed by atoms with Crippen molar-refractivity contribution in [2.75, 3.05) is 13.2 Å². The number of alkyl halides is 6. The van der Waals surface area contributed by atoms with Gasteiger partial charge in [-0.1, -0.05) is 12.1 Å². The molecular formula is C19H15F7N2O2. The van der Waals surface area contributed by atoms with Gasteiger partial charge in [-0.2, -0.15) is 26.3 Å². The van der Waals surface area contributed by atoms with Crippen molar-refractivity contribution in [1.29, 1.82) is 0 Å². The maximum Gasteiger partial charge on any atom is 0.416 e. The van der Waals surface area contributed by atoms with Crippen molar-refractivity contribution in [2.24, 2.45) is 0 Å². The third-order valence-electron chi connectivity index (χ3n) is 4.56. The molecule has 11 heteroatoms. The Labute approximate surface area is 166 Å². The molecule has 1 heterocycles. The van der Waals surface area contributed by atoms with Crippen LogP contribution < -0.4 is 10.6 Å². The van der Waals surface area contributed by atoms with Crippen LogP contribution in [0.1, 0.15) is 22.3 Å². The normalized spacial score (nSPS) is 19.5. The molecule has 0 unspecified atom stereocenters. The van der Waals surface area contributed by atoms with Gasteiger partial charge in [0.05, 0.1) is 24.3 Å². The Hall–Kier alpha value is -2.82. The number of carbonyl (C=O) groups excluding carboxylic acids is 1. The summed E-state index contributed by atoms with van der Waals surface area (Å²) in [6, 6.07) is 5.76. The van der Waals surface area contributed by atoms with Crippen LogP contribution in [0, 0.1) is 5.82 Å². The Bertz CT molecular complexity index is 894. The number of nitrogens with one attached hydrogen (secondary N) is 2. The largest absolute Gasteiger partial charge is 0.416 e. The number of ether oxygens (including phenoxy) is 1. The lowest BCUT2D eigenvalue weighted by atomic mass is 9.91. The van der Waals surface area contributed by atoms with Crippen molar-refractivity contribution in [3.63, 3.8) is 0 Å². The van der Waals surface area contributed by atoms with E-state index >= 15 is 0 Å². The van der Waals surface area contributed by atoms with Crippen molar-refractivity contribution in [3.8, 4) is 0 Å². The number of rotatable bonds is 5. The highest BCUT2D eigenvalue weighted by molar-refractivity contribution is 5.78. The first kappa shape index (κ1) is 21.9. The van der Waals surface area contributed by atoms with Gasteiger partial charge in [0.2, 0.25) is 0 Å². The first-order chi connectivity index (χ1) is 13.9. The number of hydrogen-bond acceptors (Lipinski definition) is 2. The molecule has 1 saturated heterocycles. The highest BCUT2D eigenvalue weighted by Crippen LogP contribution is 2.36. The zero-order valence-electron chi connectivity index (χ0n) is 15.1. The van der Waals surface area contributed by atoms with E-state index < -0.39 is 47.5 Å². The van der Waals surface area contributed by atoms with Gasteiger partial charge in [-0.25, -0.2) is 9.18 Å². The van der Waals surface area contributed by atoms with Gasteiger partial charge in [-0.05, 0) is 41.5 Å². The Kier molecular flexibility index (Phi) is 5.68. The van der Waals surface area contributed by atoms with Crippen LogP contribution in [-0.2, 0) is 29.2 Å². The Morgan fingerprint density at radius 3 is 1.97 bits per heavy atom. The molecule has 1 fully saturated rings. The number of amides is 2. The fraction of sp³-hybridized carbons (Fsp3) is 0.316. The van der Waals surface area contributed by atoms with E-state index in [0.717, 1.165) is 12.1 Å². The number of hydrogen-bond donors (Lipinski definition) is 2. The lowest BCUT2D eigenvalue weighted by molar-refractivity contribution is -0.143. The predicted molar refractivity (Wildman–Crippen MR) is 90.7 cm³/mol. The van der Waals surface area contributed by atoms with Gasteiger partial charge >= 0.3 is 18.4 Å². The summed E-state index contributed by atoms with van der Waals surface area (Å²) in [5.41, 5.74) is -3.91. The van der Waals surface area contributed by atoms with Crippen molar-refractivity contribution < 1.29 is 40.3 Å².